The van der Waals surface area contributed by atoms with Crippen molar-refractivity contribution in [1.82, 2.24) is 10.3 Å². The number of carbonyl (C=O) groups excluding carboxylic acids is 1. The van der Waals surface area contributed by atoms with Crippen LogP contribution in [-0.4, -0.2) is 24.0 Å². The molecule has 0 aliphatic heterocycles. The lowest BCUT2D eigenvalue weighted by Crippen LogP contribution is -2.23. The molecular weight excluding hydrogens is 442 g/mol. The Labute approximate surface area is 212 Å². The predicted octanol–water partition coefficient (Wildman–Crippen LogP) is 8.68. The van der Waals surface area contributed by atoms with E-state index in [4.69, 9.17) is 11.6 Å². The summed E-state index contributed by atoms with van der Waals surface area (Å²) in [5.41, 5.74) is 2.03. The number of fused-ring (bicyclic) bond motifs is 1. The molecule has 4 nitrogen and oxygen atoms in total. The molecule has 190 valence electrons. The first kappa shape index (κ1) is 28.4. The standard InChI is InChI=1S/C29H46ClN3O/c1-2-3-4-5-6-7-8-9-10-11-14-17-29(34)33-22-16-13-12-15-21-31-27-20-23-32-28-24-25(30)18-19-26(27)28/h18-20,23-24H,2-17,21-22H2,1H3,(H,31,32)(H,33,34). The zero-order chi connectivity index (χ0) is 24.3. The summed E-state index contributed by atoms with van der Waals surface area (Å²) >= 11 is 6.06. The van der Waals surface area contributed by atoms with Crippen LogP contribution in [0.25, 0.3) is 10.9 Å². The summed E-state index contributed by atoms with van der Waals surface area (Å²) in [7, 11) is 0. The van der Waals surface area contributed by atoms with Gasteiger partial charge in [0.2, 0.25) is 5.91 Å². The second-order valence-corrected chi connectivity index (χ2v) is 9.93. The average Bonchev–Trinajstić information content (AvgIpc) is 2.84. The minimum Gasteiger partial charge on any atom is -0.384 e. The van der Waals surface area contributed by atoms with Crippen molar-refractivity contribution in [2.75, 3.05) is 18.4 Å². The summed E-state index contributed by atoms with van der Waals surface area (Å²) < 4.78 is 0. The van der Waals surface area contributed by atoms with Crippen molar-refractivity contribution >= 4 is 34.1 Å². The Morgan fingerprint density at radius 3 is 2.12 bits per heavy atom. The largest absolute Gasteiger partial charge is 0.384 e. The number of hydrogen-bond donors (Lipinski definition) is 2. The number of rotatable bonds is 20. The van der Waals surface area contributed by atoms with Crippen molar-refractivity contribution in [3.63, 3.8) is 0 Å². The fraction of sp³-hybridized carbons (Fsp3) is 0.655. The molecule has 2 rings (SSSR count). The van der Waals surface area contributed by atoms with Crippen LogP contribution in [0.15, 0.2) is 30.5 Å². The number of aromatic nitrogens is 1. The lowest BCUT2D eigenvalue weighted by atomic mass is 10.1. The maximum absolute atomic E-state index is 12.0. The lowest BCUT2D eigenvalue weighted by Gasteiger charge is -2.10. The summed E-state index contributed by atoms with van der Waals surface area (Å²) in [5, 5.41) is 8.42. The molecule has 2 aromatic rings. The van der Waals surface area contributed by atoms with Crippen LogP contribution in [0.3, 0.4) is 0 Å². The minimum atomic E-state index is 0.224. The van der Waals surface area contributed by atoms with Gasteiger partial charge in [0.25, 0.3) is 0 Å². The molecule has 2 N–H and O–H groups in total. The van der Waals surface area contributed by atoms with Gasteiger partial charge < -0.3 is 10.6 Å². The molecule has 0 radical (unpaired) electrons. The Bertz CT molecular complexity index is 811. The highest BCUT2D eigenvalue weighted by Crippen LogP contribution is 2.24. The minimum absolute atomic E-state index is 0.224. The molecule has 1 heterocycles. The SMILES string of the molecule is CCCCCCCCCCCCCC(=O)NCCCCCCNc1ccnc2cc(Cl)ccc12. The number of nitrogens with one attached hydrogen (secondary N) is 2. The zero-order valence-corrected chi connectivity index (χ0v) is 22.1. The molecule has 0 aliphatic carbocycles. The molecule has 0 bridgehead atoms. The molecule has 0 saturated heterocycles. The van der Waals surface area contributed by atoms with Gasteiger partial charge in [-0.15, -0.1) is 0 Å². The Morgan fingerprint density at radius 2 is 1.41 bits per heavy atom. The molecule has 0 spiro atoms. The van der Waals surface area contributed by atoms with Crippen LogP contribution < -0.4 is 10.6 Å². The Kier molecular flexibility index (Phi) is 15.5. The van der Waals surface area contributed by atoms with Crippen LogP contribution in [0.2, 0.25) is 5.02 Å². The van der Waals surface area contributed by atoms with E-state index in [1.807, 2.05) is 30.5 Å². The van der Waals surface area contributed by atoms with Gasteiger partial charge in [0, 0.05) is 41.8 Å². The third kappa shape index (κ3) is 12.6. The van der Waals surface area contributed by atoms with Crippen molar-refractivity contribution in [3.05, 3.63) is 35.5 Å². The smallest absolute Gasteiger partial charge is 0.219 e. The number of nitrogens with zero attached hydrogens (tertiary/aromatic N) is 1. The van der Waals surface area contributed by atoms with Gasteiger partial charge in [-0.3, -0.25) is 9.78 Å². The van der Waals surface area contributed by atoms with Gasteiger partial charge >= 0.3 is 0 Å². The van der Waals surface area contributed by atoms with E-state index < -0.39 is 0 Å². The molecule has 0 saturated carbocycles. The highest BCUT2D eigenvalue weighted by Gasteiger charge is 2.03. The number of hydrogen-bond acceptors (Lipinski definition) is 3. The molecule has 0 atom stereocenters. The maximum atomic E-state index is 12.0. The molecule has 0 unspecified atom stereocenters. The van der Waals surface area contributed by atoms with E-state index in [1.165, 1.54) is 64.2 Å². The van der Waals surface area contributed by atoms with Crippen molar-refractivity contribution in [1.29, 1.82) is 0 Å². The van der Waals surface area contributed by atoms with Crippen LogP contribution in [0, 0.1) is 0 Å². The van der Waals surface area contributed by atoms with Gasteiger partial charge in [0.1, 0.15) is 0 Å². The second-order valence-electron chi connectivity index (χ2n) is 9.50. The first-order chi connectivity index (χ1) is 16.7. The van der Waals surface area contributed by atoms with E-state index in [-0.39, 0.29) is 5.91 Å². The third-order valence-electron chi connectivity index (χ3n) is 6.45. The number of pyridine rings is 1. The number of carbonyl (C=O) groups is 1. The summed E-state index contributed by atoms with van der Waals surface area (Å²) in [5.74, 6) is 0.224. The highest BCUT2D eigenvalue weighted by atomic mass is 35.5. The summed E-state index contributed by atoms with van der Waals surface area (Å²) in [6.07, 6.45) is 21.5. The van der Waals surface area contributed by atoms with Crippen molar-refractivity contribution < 1.29 is 4.79 Å². The van der Waals surface area contributed by atoms with Crippen molar-refractivity contribution in [3.8, 4) is 0 Å². The first-order valence-electron chi connectivity index (χ1n) is 13.8. The summed E-state index contributed by atoms with van der Waals surface area (Å²) in [6, 6.07) is 7.84. The Balaban J connectivity index is 1.38. The predicted molar refractivity (Wildman–Crippen MR) is 148 cm³/mol. The number of anilines is 1. The van der Waals surface area contributed by atoms with Crippen molar-refractivity contribution in [2.24, 2.45) is 0 Å². The topological polar surface area (TPSA) is 54.0 Å². The van der Waals surface area contributed by atoms with E-state index in [2.05, 4.69) is 22.5 Å². The fourth-order valence-corrected chi connectivity index (χ4v) is 4.53. The van der Waals surface area contributed by atoms with Gasteiger partial charge in [-0.2, -0.15) is 0 Å². The molecule has 1 aromatic carbocycles. The Morgan fingerprint density at radius 1 is 0.794 bits per heavy atom. The summed E-state index contributed by atoms with van der Waals surface area (Å²) in [4.78, 5) is 16.4. The molecule has 1 aromatic heterocycles. The fourth-order valence-electron chi connectivity index (χ4n) is 4.37. The van der Waals surface area contributed by atoms with Gasteiger partial charge in [-0.05, 0) is 43.5 Å². The van der Waals surface area contributed by atoms with Crippen LogP contribution >= 0.6 is 11.6 Å². The van der Waals surface area contributed by atoms with E-state index in [1.54, 1.807) is 0 Å². The Hall–Kier alpha value is -1.81. The van der Waals surface area contributed by atoms with Gasteiger partial charge in [-0.1, -0.05) is 95.6 Å². The van der Waals surface area contributed by atoms with E-state index in [0.29, 0.717) is 11.4 Å². The van der Waals surface area contributed by atoms with Crippen LogP contribution in [0.1, 0.15) is 110 Å². The molecule has 0 aliphatic rings. The highest BCUT2D eigenvalue weighted by molar-refractivity contribution is 6.31. The number of halogens is 1. The molecule has 1 amide bonds. The zero-order valence-electron chi connectivity index (χ0n) is 21.3. The molecule has 5 heteroatoms. The quantitative estimate of drug-likeness (QED) is 0.184. The lowest BCUT2D eigenvalue weighted by molar-refractivity contribution is -0.121. The normalized spacial score (nSPS) is 11.1. The van der Waals surface area contributed by atoms with Crippen LogP contribution in [-0.2, 0) is 4.79 Å². The molecule has 0 fully saturated rings. The number of amides is 1. The second kappa shape index (κ2) is 18.5. The average molecular weight is 488 g/mol. The number of benzene rings is 1. The van der Waals surface area contributed by atoms with Gasteiger partial charge in [0.15, 0.2) is 0 Å². The van der Waals surface area contributed by atoms with Crippen LogP contribution in [0.5, 0.6) is 0 Å². The van der Waals surface area contributed by atoms with Gasteiger partial charge in [0.05, 0.1) is 5.52 Å². The van der Waals surface area contributed by atoms with Gasteiger partial charge in [-0.25, -0.2) is 0 Å². The monoisotopic (exact) mass is 487 g/mol. The molecular formula is C29H46ClN3O. The number of unbranched alkanes of at least 4 members (excludes halogenated alkanes) is 13. The first-order valence-corrected chi connectivity index (χ1v) is 14.1. The summed E-state index contributed by atoms with van der Waals surface area (Å²) in [6.45, 7) is 4.01. The van der Waals surface area contributed by atoms with Crippen molar-refractivity contribution in [2.45, 2.75) is 110 Å². The molecule has 34 heavy (non-hydrogen) atoms. The van der Waals surface area contributed by atoms with Crippen LogP contribution in [0.4, 0.5) is 5.69 Å². The van der Waals surface area contributed by atoms with E-state index >= 15 is 0 Å². The van der Waals surface area contributed by atoms with E-state index in [0.717, 1.165) is 61.8 Å². The third-order valence-corrected chi connectivity index (χ3v) is 6.69. The maximum Gasteiger partial charge on any atom is 0.219 e. The van der Waals surface area contributed by atoms with E-state index in [9.17, 15) is 4.79 Å².